The lowest BCUT2D eigenvalue weighted by Gasteiger charge is -2.25. The van der Waals surface area contributed by atoms with E-state index in [0.29, 0.717) is 0 Å². The van der Waals surface area contributed by atoms with Crippen molar-refractivity contribution in [1.29, 1.82) is 0 Å². The number of rotatable bonds is 7. The lowest BCUT2D eigenvalue weighted by Crippen LogP contribution is -2.42. The minimum absolute atomic E-state index is 0.0254. The number of hydrogen-bond donors (Lipinski definition) is 1. The summed E-state index contributed by atoms with van der Waals surface area (Å²) in [5.41, 5.74) is 1.15. The Balaban J connectivity index is 2.00. The van der Waals surface area contributed by atoms with Crippen LogP contribution in [0.2, 0.25) is 0 Å². The first-order valence-corrected chi connectivity index (χ1v) is 8.78. The standard InChI is InChI=1S/C20H29N3O/c1-5-23(6-2)15-14-22(4)20(24)21-16(3)18-13-9-11-17-10-7-8-12-19(17)18/h7-13,16H,5-6,14-15H2,1-4H3,(H,21,24). The summed E-state index contributed by atoms with van der Waals surface area (Å²) in [6.07, 6.45) is 0. The van der Waals surface area contributed by atoms with E-state index in [2.05, 4.69) is 48.3 Å². The van der Waals surface area contributed by atoms with Crippen LogP contribution in [-0.2, 0) is 0 Å². The maximum Gasteiger partial charge on any atom is 0.317 e. The zero-order valence-electron chi connectivity index (χ0n) is 15.2. The maximum absolute atomic E-state index is 12.4. The van der Waals surface area contributed by atoms with Gasteiger partial charge in [-0.2, -0.15) is 0 Å². The third-order valence-corrected chi connectivity index (χ3v) is 4.62. The molecule has 2 aromatic rings. The van der Waals surface area contributed by atoms with Crippen LogP contribution in [0.25, 0.3) is 10.8 Å². The highest BCUT2D eigenvalue weighted by Gasteiger charge is 2.15. The molecule has 2 amide bonds. The second-order valence-corrected chi connectivity index (χ2v) is 6.19. The van der Waals surface area contributed by atoms with Gasteiger partial charge >= 0.3 is 6.03 Å². The van der Waals surface area contributed by atoms with Crippen molar-refractivity contribution >= 4 is 16.8 Å². The summed E-state index contributed by atoms with van der Waals surface area (Å²) in [5.74, 6) is 0. The SMILES string of the molecule is CCN(CC)CCN(C)C(=O)NC(C)c1cccc2ccccc12. The molecule has 130 valence electrons. The van der Waals surface area contributed by atoms with E-state index in [1.54, 1.807) is 4.90 Å². The molecule has 24 heavy (non-hydrogen) atoms. The van der Waals surface area contributed by atoms with Crippen molar-refractivity contribution in [2.75, 3.05) is 33.2 Å². The molecule has 4 nitrogen and oxygen atoms in total. The Morgan fingerprint density at radius 1 is 1.04 bits per heavy atom. The molecule has 1 unspecified atom stereocenters. The van der Waals surface area contributed by atoms with Gasteiger partial charge < -0.3 is 15.1 Å². The van der Waals surface area contributed by atoms with Gasteiger partial charge in [0.25, 0.3) is 0 Å². The molecule has 4 heteroatoms. The van der Waals surface area contributed by atoms with Crippen LogP contribution in [0.5, 0.6) is 0 Å². The first-order valence-electron chi connectivity index (χ1n) is 8.78. The van der Waals surface area contributed by atoms with E-state index in [-0.39, 0.29) is 12.1 Å². The van der Waals surface area contributed by atoms with Crippen LogP contribution >= 0.6 is 0 Å². The van der Waals surface area contributed by atoms with Crippen LogP contribution in [0, 0.1) is 0 Å². The van der Waals surface area contributed by atoms with Crippen molar-refractivity contribution in [3.63, 3.8) is 0 Å². The molecule has 0 radical (unpaired) electrons. The third-order valence-electron chi connectivity index (χ3n) is 4.62. The van der Waals surface area contributed by atoms with Crippen molar-refractivity contribution in [2.45, 2.75) is 26.8 Å². The normalized spacial score (nSPS) is 12.4. The number of nitrogens with one attached hydrogen (secondary N) is 1. The van der Waals surface area contributed by atoms with E-state index >= 15 is 0 Å². The molecule has 0 fully saturated rings. The quantitative estimate of drug-likeness (QED) is 0.837. The topological polar surface area (TPSA) is 35.6 Å². The second-order valence-electron chi connectivity index (χ2n) is 6.19. The number of hydrogen-bond acceptors (Lipinski definition) is 2. The second kappa shape index (κ2) is 8.69. The molecular formula is C20H29N3O. The molecule has 0 aliphatic heterocycles. The van der Waals surface area contributed by atoms with Gasteiger partial charge in [0, 0.05) is 20.1 Å². The third kappa shape index (κ3) is 4.48. The van der Waals surface area contributed by atoms with Gasteiger partial charge in [0.2, 0.25) is 0 Å². The molecule has 1 atom stereocenters. The molecule has 0 bridgehead atoms. The smallest absolute Gasteiger partial charge is 0.317 e. The van der Waals surface area contributed by atoms with Crippen molar-refractivity contribution in [3.05, 3.63) is 48.0 Å². The Bertz CT molecular complexity index is 661. The first kappa shape index (κ1) is 18.3. The zero-order chi connectivity index (χ0) is 17.5. The molecule has 1 N–H and O–H groups in total. The molecule has 0 aliphatic carbocycles. The number of carbonyl (C=O) groups excluding carboxylic acids is 1. The summed E-state index contributed by atoms with van der Waals surface area (Å²) in [6, 6.07) is 14.5. The Morgan fingerprint density at radius 2 is 1.71 bits per heavy atom. The zero-order valence-corrected chi connectivity index (χ0v) is 15.2. The van der Waals surface area contributed by atoms with E-state index in [1.807, 2.05) is 32.2 Å². The summed E-state index contributed by atoms with van der Waals surface area (Å²) < 4.78 is 0. The van der Waals surface area contributed by atoms with Crippen molar-refractivity contribution in [2.24, 2.45) is 0 Å². The highest BCUT2D eigenvalue weighted by atomic mass is 16.2. The molecular weight excluding hydrogens is 298 g/mol. The van der Waals surface area contributed by atoms with E-state index in [0.717, 1.165) is 31.7 Å². The summed E-state index contributed by atoms with van der Waals surface area (Å²) in [6.45, 7) is 9.99. The predicted octanol–water partition coefficient (Wildman–Crippen LogP) is 3.88. The number of amides is 2. The van der Waals surface area contributed by atoms with Crippen molar-refractivity contribution in [1.82, 2.24) is 15.1 Å². The number of urea groups is 1. The van der Waals surface area contributed by atoms with Gasteiger partial charge in [0.1, 0.15) is 0 Å². The highest BCUT2D eigenvalue weighted by Crippen LogP contribution is 2.24. The van der Waals surface area contributed by atoms with Gasteiger partial charge in [0.15, 0.2) is 0 Å². The van der Waals surface area contributed by atoms with Gasteiger partial charge in [-0.05, 0) is 36.3 Å². The number of carbonyl (C=O) groups is 1. The average molecular weight is 327 g/mol. The Hall–Kier alpha value is -2.07. The van der Waals surface area contributed by atoms with Gasteiger partial charge in [-0.15, -0.1) is 0 Å². The summed E-state index contributed by atoms with van der Waals surface area (Å²) in [7, 11) is 1.86. The van der Waals surface area contributed by atoms with E-state index in [9.17, 15) is 4.79 Å². The number of nitrogens with zero attached hydrogens (tertiary/aromatic N) is 2. The molecule has 0 heterocycles. The van der Waals surface area contributed by atoms with Gasteiger partial charge in [-0.3, -0.25) is 0 Å². The van der Waals surface area contributed by atoms with Crippen LogP contribution in [-0.4, -0.2) is 49.1 Å². The van der Waals surface area contributed by atoms with E-state index in [1.165, 1.54) is 10.8 Å². The molecule has 2 rings (SSSR count). The monoisotopic (exact) mass is 327 g/mol. The molecule has 2 aromatic carbocycles. The fourth-order valence-corrected chi connectivity index (χ4v) is 2.93. The van der Waals surface area contributed by atoms with Crippen LogP contribution < -0.4 is 5.32 Å². The lowest BCUT2D eigenvalue weighted by molar-refractivity contribution is 0.195. The minimum atomic E-state index is -0.0282. The van der Waals surface area contributed by atoms with Crippen LogP contribution in [0.1, 0.15) is 32.4 Å². The Kier molecular flexibility index (Phi) is 6.62. The molecule has 0 saturated carbocycles. The van der Waals surface area contributed by atoms with Gasteiger partial charge in [-0.1, -0.05) is 56.3 Å². The molecule has 0 saturated heterocycles. The molecule has 0 aromatic heterocycles. The average Bonchev–Trinajstić information content (AvgIpc) is 2.61. The Morgan fingerprint density at radius 3 is 2.42 bits per heavy atom. The summed E-state index contributed by atoms with van der Waals surface area (Å²) in [4.78, 5) is 16.5. The lowest BCUT2D eigenvalue weighted by atomic mass is 10.00. The number of fused-ring (bicyclic) bond motifs is 1. The van der Waals surface area contributed by atoms with Crippen LogP contribution in [0.15, 0.2) is 42.5 Å². The summed E-state index contributed by atoms with van der Waals surface area (Å²) >= 11 is 0. The largest absolute Gasteiger partial charge is 0.331 e. The Labute approximate surface area is 145 Å². The van der Waals surface area contributed by atoms with Crippen molar-refractivity contribution < 1.29 is 4.79 Å². The van der Waals surface area contributed by atoms with Crippen molar-refractivity contribution in [3.8, 4) is 0 Å². The van der Waals surface area contributed by atoms with Crippen LogP contribution in [0.4, 0.5) is 4.79 Å². The van der Waals surface area contributed by atoms with Crippen LogP contribution in [0.3, 0.4) is 0 Å². The maximum atomic E-state index is 12.4. The number of likely N-dealkylation sites (N-methyl/N-ethyl adjacent to an activating group) is 2. The van der Waals surface area contributed by atoms with Gasteiger partial charge in [0.05, 0.1) is 6.04 Å². The fourth-order valence-electron chi connectivity index (χ4n) is 2.93. The molecule has 0 aliphatic rings. The molecule has 0 spiro atoms. The summed E-state index contributed by atoms with van der Waals surface area (Å²) in [5, 5.41) is 5.51. The number of benzene rings is 2. The highest BCUT2D eigenvalue weighted by molar-refractivity contribution is 5.86. The first-order chi connectivity index (χ1) is 11.6. The van der Waals surface area contributed by atoms with E-state index in [4.69, 9.17) is 0 Å². The minimum Gasteiger partial charge on any atom is -0.331 e. The van der Waals surface area contributed by atoms with Gasteiger partial charge in [-0.25, -0.2) is 4.79 Å². The fraction of sp³-hybridized carbons (Fsp3) is 0.450. The van der Waals surface area contributed by atoms with E-state index < -0.39 is 0 Å². The predicted molar refractivity (Wildman–Crippen MR) is 101 cm³/mol.